The summed E-state index contributed by atoms with van der Waals surface area (Å²) < 4.78 is 27.5. The maximum atomic E-state index is 13.0. The number of benzene rings is 2. The molecule has 0 spiro atoms. The molecule has 0 atom stereocenters. The van der Waals surface area contributed by atoms with Gasteiger partial charge in [0.05, 0.1) is 4.90 Å². The molecule has 0 saturated carbocycles. The first-order valence-corrected chi connectivity index (χ1v) is 11.2. The van der Waals surface area contributed by atoms with Gasteiger partial charge in [-0.15, -0.1) is 0 Å². The number of carbonyl (C=O) groups is 1. The van der Waals surface area contributed by atoms with Crippen LogP contribution in [-0.4, -0.2) is 49.7 Å². The minimum absolute atomic E-state index is 0.111. The zero-order valence-corrected chi connectivity index (χ0v) is 17.4. The van der Waals surface area contributed by atoms with Gasteiger partial charge in [-0.2, -0.15) is 4.31 Å². The van der Waals surface area contributed by atoms with Gasteiger partial charge >= 0.3 is 0 Å². The molecule has 1 aliphatic heterocycles. The Hall–Kier alpha value is -2.18. The lowest BCUT2D eigenvalue weighted by atomic mass is 10.1. The molecule has 1 amide bonds. The van der Waals surface area contributed by atoms with E-state index >= 15 is 0 Å². The molecule has 2 aromatic rings. The fourth-order valence-electron chi connectivity index (χ4n) is 3.55. The highest BCUT2D eigenvalue weighted by atomic mass is 32.2. The number of hydrogen-bond acceptors (Lipinski definition) is 3. The molecule has 1 heterocycles. The monoisotopic (exact) mass is 400 g/mol. The predicted octanol–water partition coefficient (Wildman–Crippen LogP) is 3.16. The van der Waals surface area contributed by atoms with Crippen molar-refractivity contribution in [2.45, 2.75) is 38.0 Å². The Labute approximate surface area is 168 Å². The highest BCUT2D eigenvalue weighted by molar-refractivity contribution is 7.89. The van der Waals surface area contributed by atoms with Crippen LogP contribution in [0.25, 0.3) is 0 Å². The number of hydrogen-bond donors (Lipinski definition) is 0. The van der Waals surface area contributed by atoms with E-state index in [-0.39, 0.29) is 5.91 Å². The third kappa shape index (κ3) is 4.80. The van der Waals surface area contributed by atoms with Crippen molar-refractivity contribution in [3.63, 3.8) is 0 Å². The van der Waals surface area contributed by atoms with Crippen LogP contribution in [0.1, 0.15) is 29.5 Å². The van der Waals surface area contributed by atoms with Crippen molar-refractivity contribution in [3.8, 4) is 0 Å². The number of nitrogens with zero attached hydrogens (tertiary/aromatic N) is 2. The summed E-state index contributed by atoms with van der Waals surface area (Å²) in [5.41, 5.74) is 2.92. The van der Waals surface area contributed by atoms with Crippen molar-refractivity contribution in [2.24, 2.45) is 0 Å². The van der Waals surface area contributed by atoms with Crippen molar-refractivity contribution in [1.82, 2.24) is 9.21 Å². The van der Waals surface area contributed by atoms with E-state index in [1.807, 2.05) is 44.2 Å². The Morgan fingerprint density at radius 2 is 1.64 bits per heavy atom. The molecule has 1 fully saturated rings. The Kier molecular flexibility index (Phi) is 6.52. The Bertz CT molecular complexity index is 918. The van der Waals surface area contributed by atoms with Crippen molar-refractivity contribution >= 4 is 15.9 Å². The summed E-state index contributed by atoms with van der Waals surface area (Å²) >= 11 is 0. The zero-order chi connectivity index (χ0) is 20.1. The summed E-state index contributed by atoms with van der Waals surface area (Å²) in [7, 11) is -3.52. The molecule has 2 aromatic carbocycles. The van der Waals surface area contributed by atoms with E-state index in [0.717, 1.165) is 24.0 Å². The molecule has 1 saturated heterocycles. The van der Waals surface area contributed by atoms with Gasteiger partial charge in [0.2, 0.25) is 15.9 Å². The molecule has 0 N–H and O–H groups in total. The molecule has 1 aliphatic rings. The van der Waals surface area contributed by atoms with E-state index in [4.69, 9.17) is 0 Å². The fourth-order valence-corrected chi connectivity index (χ4v) is 5.28. The Morgan fingerprint density at radius 1 is 0.964 bits per heavy atom. The van der Waals surface area contributed by atoms with Gasteiger partial charge in [-0.1, -0.05) is 42.5 Å². The molecule has 0 aliphatic carbocycles. The number of aryl methyl sites for hydroxylation is 3. The van der Waals surface area contributed by atoms with E-state index < -0.39 is 10.0 Å². The van der Waals surface area contributed by atoms with Crippen LogP contribution >= 0.6 is 0 Å². The SMILES string of the molecule is Cc1ccc(C)c(S(=O)(=O)N2CCN(C(=O)CCCc3ccccc3)CC2)c1. The van der Waals surface area contributed by atoms with Crippen LogP contribution in [0.4, 0.5) is 0 Å². The molecule has 6 heteroatoms. The quantitative estimate of drug-likeness (QED) is 0.748. The molecule has 5 nitrogen and oxygen atoms in total. The highest BCUT2D eigenvalue weighted by Crippen LogP contribution is 2.22. The number of carbonyl (C=O) groups excluding carboxylic acids is 1. The van der Waals surface area contributed by atoms with Crippen LogP contribution in [0.2, 0.25) is 0 Å². The van der Waals surface area contributed by atoms with Crippen molar-refractivity contribution < 1.29 is 13.2 Å². The average Bonchev–Trinajstić information content (AvgIpc) is 2.70. The van der Waals surface area contributed by atoms with Gasteiger partial charge in [-0.3, -0.25) is 4.79 Å². The summed E-state index contributed by atoms with van der Waals surface area (Å²) in [6.07, 6.45) is 2.19. The van der Waals surface area contributed by atoms with Gasteiger partial charge in [-0.05, 0) is 49.4 Å². The number of piperazine rings is 1. The molecule has 0 aromatic heterocycles. The number of amides is 1. The molecular weight excluding hydrogens is 372 g/mol. The average molecular weight is 401 g/mol. The minimum atomic E-state index is -3.52. The zero-order valence-electron chi connectivity index (χ0n) is 16.6. The van der Waals surface area contributed by atoms with Crippen LogP contribution in [-0.2, 0) is 21.2 Å². The third-order valence-corrected chi connectivity index (χ3v) is 7.29. The summed E-state index contributed by atoms with van der Waals surface area (Å²) in [6.45, 7) is 5.31. The van der Waals surface area contributed by atoms with Gasteiger partial charge in [0, 0.05) is 32.6 Å². The topological polar surface area (TPSA) is 57.7 Å². The lowest BCUT2D eigenvalue weighted by molar-refractivity contribution is -0.132. The van der Waals surface area contributed by atoms with E-state index in [2.05, 4.69) is 12.1 Å². The molecule has 28 heavy (non-hydrogen) atoms. The molecular formula is C22H28N2O3S. The molecule has 0 unspecified atom stereocenters. The van der Waals surface area contributed by atoms with Crippen LogP contribution < -0.4 is 0 Å². The lowest BCUT2D eigenvalue weighted by Crippen LogP contribution is -2.50. The summed E-state index contributed by atoms with van der Waals surface area (Å²) in [6, 6.07) is 15.6. The number of rotatable bonds is 6. The smallest absolute Gasteiger partial charge is 0.243 e. The van der Waals surface area contributed by atoms with Gasteiger partial charge in [0.1, 0.15) is 0 Å². The van der Waals surface area contributed by atoms with Gasteiger partial charge in [-0.25, -0.2) is 8.42 Å². The van der Waals surface area contributed by atoms with Crippen molar-refractivity contribution in [3.05, 3.63) is 65.2 Å². The van der Waals surface area contributed by atoms with Crippen LogP contribution in [0.15, 0.2) is 53.4 Å². The first kappa shape index (κ1) is 20.6. The van der Waals surface area contributed by atoms with E-state index in [1.54, 1.807) is 11.0 Å². The fraction of sp³-hybridized carbons (Fsp3) is 0.409. The van der Waals surface area contributed by atoms with Crippen LogP contribution in [0, 0.1) is 13.8 Å². The molecule has 0 bridgehead atoms. The largest absolute Gasteiger partial charge is 0.340 e. The maximum Gasteiger partial charge on any atom is 0.243 e. The standard InChI is InChI=1S/C22H28N2O3S/c1-18-11-12-19(2)21(17-18)28(26,27)24-15-13-23(14-16-24)22(25)10-6-9-20-7-4-3-5-8-20/h3-5,7-8,11-12,17H,6,9-10,13-16H2,1-2H3. The first-order valence-electron chi connectivity index (χ1n) is 9.77. The van der Waals surface area contributed by atoms with E-state index in [9.17, 15) is 13.2 Å². The van der Waals surface area contributed by atoms with Crippen molar-refractivity contribution in [1.29, 1.82) is 0 Å². The maximum absolute atomic E-state index is 13.0. The normalized spacial score (nSPS) is 15.6. The highest BCUT2D eigenvalue weighted by Gasteiger charge is 2.30. The van der Waals surface area contributed by atoms with Gasteiger partial charge < -0.3 is 4.90 Å². The Morgan fingerprint density at radius 3 is 2.32 bits per heavy atom. The predicted molar refractivity (Wildman–Crippen MR) is 111 cm³/mol. The van der Waals surface area contributed by atoms with E-state index in [1.165, 1.54) is 9.87 Å². The molecule has 150 valence electrons. The second kappa shape index (κ2) is 8.88. The van der Waals surface area contributed by atoms with Crippen molar-refractivity contribution in [2.75, 3.05) is 26.2 Å². The summed E-state index contributed by atoms with van der Waals surface area (Å²) in [5.74, 6) is 0.111. The first-order chi connectivity index (χ1) is 13.4. The number of sulfonamides is 1. The third-order valence-electron chi connectivity index (χ3n) is 5.25. The van der Waals surface area contributed by atoms with Gasteiger partial charge in [0.25, 0.3) is 0 Å². The second-order valence-corrected chi connectivity index (χ2v) is 9.30. The summed E-state index contributed by atoms with van der Waals surface area (Å²) in [4.78, 5) is 14.6. The second-order valence-electron chi connectivity index (χ2n) is 7.39. The van der Waals surface area contributed by atoms with Crippen LogP contribution in [0.3, 0.4) is 0 Å². The van der Waals surface area contributed by atoms with Gasteiger partial charge in [0.15, 0.2) is 0 Å². The molecule has 3 rings (SSSR count). The summed E-state index contributed by atoms with van der Waals surface area (Å²) in [5, 5.41) is 0. The minimum Gasteiger partial charge on any atom is -0.340 e. The van der Waals surface area contributed by atoms with Crippen LogP contribution in [0.5, 0.6) is 0 Å². The lowest BCUT2D eigenvalue weighted by Gasteiger charge is -2.34. The van der Waals surface area contributed by atoms with E-state index in [0.29, 0.717) is 37.5 Å². The Balaban J connectivity index is 1.53. The molecule has 0 radical (unpaired) electrons.